The number of nitrogens with zero attached hydrogens (tertiary/aromatic N) is 2. The number of hydrogen-bond acceptors (Lipinski definition) is 4. The number of pyridine rings is 1. The molecule has 0 unspecified atom stereocenters. The summed E-state index contributed by atoms with van der Waals surface area (Å²) in [6.45, 7) is 7.24. The third-order valence-corrected chi connectivity index (χ3v) is 4.81. The van der Waals surface area contributed by atoms with E-state index in [9.17, 15) is 5.11 Å². The van der Waals surface area contributed by atoms with Gasteiger partial charge in [-0.05, 0) is 50.6 Å². The molecule has 2 heterocycles. The van der Waals surface area contributed by atoms with Gasteiger partial charge in [0.2, 0.25) is 0 Å². The first-order chi connectivity index (χ1) is 9.79. The molecule has 3 nitrogen and oxygen atoms in total. The third kappa shape index (κ3) is 4.28. The Kier molecular flexibility index (Phi) is 5.07. The molecule has 0 atom stereocenters. The minimum absolute atomic E-state index is 0.0355. The summed E-state index contributed by atoms with van der Waals surface area (Å²) in [7, 11) is 2.03. The first-order valence-corrected chi connectivity index (χ1v) is 8.53. The highest BCUT2D eigenvalue weighted by Crippen LogP contribution is 2.26. The molecule has 0 aliphatic heterocycles. The maximum atomic E-state index is 9.48. The van der Waals surface area contributed by atoms with Crippen LogP contribution in [-0.4, -0.2) is 17.1 Å². The summed E-state index contributed by atoms with van der Waals surface area (Å²) in [4.78, 5) is 6.88. The van der Waals surface area contributed by atoms with Gasteiger partial charge in [-0.3, -0.25) is 0 Å². The predicted octanol–water partition coefficient (Wildman–Crippen LogP) is 4.33. The molecule has 0 saturated carbocycles. The van der Waals surface area contributed by atoms with Crippen molar-refractivity contribution in [2.75, 3.05) is 11.9 Å². The van der Waals surface area contributed by atoms with Crippen LogP contribution in [0.5, 0.6) is 0 Å². The van der Waals surface area contributed by atoms with E-state index in [1.807, 2.05) is 19.2 Å². The number of halogens is 1. The van der Waals surface area contributed by atoms with Crippen molar-refractivity contribution in [1.82, 2.24) is 4.98 Å². The Bertz CT molecular complexity index is 619. The van der Waals surface area contributed by atoms with Crippen LogP contribution in [0, 0.1) is 0 Å². The molecule has 0 radical (unpaired) electrons. The standard InChI is InChI=1S/C16H21BrN2OS/c1-16(2,3)13-5-11(9-20)7-15(18-13)19(4)8-12-6-14(17)21-10-12/h5-7,10,20H,8-9H2,1-4H3. The monoisotopic (exact) mass is 368 g/mol. The topological polar surface area (TPSA) is 36.4 Å². The van der Waals surface area contributed by atoms with E-state index < -0.39 is 0 Å². The van der Waals surface area contributed by atoms with Crippen LogP contribution >= 0.6 is 27.3 Å². The zero-order chi connectivity index (χ0) is 15.6. The molecule has 0 aromatic carbocycles. The highest BCUT2D eigenvalue weighted by molar-refractivity contribution is 9.11. The van der Waals surface area contributed by atoms with Crippen LogP contribution in [0.3, 0.4) is 0 Å². The average Bonchev–Trinajstić information content (AvgIpc) is 2.82. The molecule has 2 aromatic heterocycles. The van der Waals surface area contributed by atoms with Crippen LogP contribution in [0.4, 0.5) is 5.82 Å². The molecule has 1 N–H and O–H groups in total. The molecule has 0 aliphatic rings. The zero-order valence-corrected chi connectivity index (χ0v) is 15.3. The van der Waals surface area contributed by atoms with Gasteiger partial charge in [0.15, 0.2) is 0 Å². The summed E-state index contributed by atoms with van der Waals surface area (Å²) in [6.07, 6.45) is 0. The largest absolute Gasteiger partial charge is 0.392 e. The van der Waals surface area contributed by atoms with Crippen LogP contribution < -0.4 is 4.90 Å². The fourth-order valence-corrected chi connectivity index (χ4v) is 3.23. The molecule has 2 rings (SSSR count). The normalized spacial score (nSPS) is 11.7. The van der Waals surface area contributed by atoms with Gasteiger partial charge >= 0.3 is 0 Å². The fourth-order valence-electron chi connectivity index (χ4n) is 2.03. The van der Waals surface area contributed by atoms with Gasteiger partial charge in [-0.1, -0.05) is 20.8 Å². The van der Waals surface area contributed by atoms with E-state index in [0.717, 1.165) is 27.4 Å². The fraction of sp³-hybridized carbons (Fsp3) is 0.438. The maximum Gasteiger partial charge on any atom is 0.129 e. The van der Waals surface area contributed by atoms with Gasteiger partial charge in [0.05, 0.1) is 10.4 Å². The number of aromatic nitrogens is 1. The molecule has 21 heavy (non-hydrogen) atoms. The predicted molar refractivity (Wildman–Crippen MR) is 93.0 cm³/mol. The smallest absolute Gasteiger partial charge is 0.129 e. The van der Waals surface area contributed by atoms with Crippen molar-refractivity contribution in [1.29, 1.82) is 0 Å². The third-order valence-electron chi connectivity index (χ3n) is 3.26. The van der Waals surface area contributed by atoms with Crippen molar-refractivity contribution in [3.8, 4) is 0 Å². The molecular weight excluding hydrogens is 348 g/mol. The van der Waals surface area contributed by atoms with Gasteiger partial charge in [0.25, 0.3) is 0 Å². The van der Waals surface area contributed by atoms with Crippen LogP contribution in [0.2, 0.25) is 0 Å². The Labute approximate surface area is 138 Å². The maximum absolute atomic E-state index is 9.48. The molecule has 0 aliphatic carbocycles. The van der Waals surface area contributed by atoms with E-state index in [-0.39, 0.29) is 12.0 Å². The molecule has 0 saturated heterocycles. The lowest BCUT2D eigenvalue weighted by Gasteiger charge is -2.24. The second-order valence-electron chi connectivity index (χ2n) is 6.24. The summed E-state index contributed by atoms with van der Waals surface area (Å²) in [5.74, 6) is 0.897. The van der Waals surface area contributed by atoms with Gasteiger partial charge in [0, 0.05) is 24.7 Å². The van der Waals surface area contributed by atoms with Crippen LogP contribution in [0.1, 0.15) is 37.6 Å². The molecule has 5 heteroatoms. The van der Waals surface area contributed by atoms with Crippen LogP contribution in [0.25, 0.3) is 0 Å². The SMILES string of the molecule is CN(Cc1csc(Br)c1)c1cc(CO)cc(C(C)(C)C)n1. The Hall–Kier alpha value is -0.910. The van der Waals surface area contributed by atoms with E-state index in [1.165, 1.54) is 5.56 Å². The number of rotatable bonds is 4. The van der Waals surface area contributed by atoms with Crippen molar-refractivity contribution >= 4 is 33.1 Å². The Morgan fingerprint density at radius 1 is 1.24 bits per heavy atom. The average molecular weight is 369 g/mol. The van der Waals surface area contributed by atoms with E-state index in [4.69, 9.17) is 4.98 Å². The Balaban J connectivity index is 2.29. The Morgan fingerprint density at radius 3 is 2.48 bits per heavy atom. The van der Waals surface area contributed by atoms with Crippen molar-refractivity contribution < 1.29 is 5.11 Å². The molecule has 0 bridgehead atoms. The highest BCUT2D eigenvalue weighted by Gasteiger charge is 2.18. The molecule has 114 valence electrons. The molecule has 2 aromatic rings. The van der Waals surface area contributed by atoms with Gasteiger partial charge in [-0.25, -0.2) is 4.98 Å². The van der Waals surface area contributed by atoms with Crippen LogP contribution in [0.15, 0.2) is 27.4 Å². The highest BCUT2D eigenvalue weighted by atomic mass is 79.9. The van der Waals surface area contributed by atoms with E-state index in [2.05, 4.69) is 53.0 Å². The van der Waals surface area contributed by atoms with Gasteiger partial charge < -0.3 is 10.0 Å². The summed E-state index contributed by atoms with van der Waals surface area (Å²) >= 11 is 5.18. The van der Waals surface area contributed by atoms with Gasteiger partial charge in [0.1, 0.15) is 5.82 Å². The van der Waals surface area contributed by atoms with Gasteiger partial charge in [-0.2, -0.15) is 0 Å². The molecular formula is C16H21BrN2OS. The summed E-state index contributed by atoms with van der Waals surface area (Å²) in [5, 5.41) is 11.6. The van der Waals surface area contributed by atoms with E-state index >= 15 is 0 Å². The number of aliphatic hydroxyl groups excluding tert-OH is 1. The lowest BCUT2D eigenvalue weighted by Crippen LogP contribution is -2.21. The minimum atomic E-state index is -0.0355. The van der Waals surface area contributed by atoms with Crippen molar-refractivity contribution in [3.05, 3.63) is 44.2 Å². The molecule has 0 amide bonds. The van der Waals surface area contributed by atoms with Crippen molar-refractivity contribution in [2.45, 2.75) is 39.3 Å². The summed E-state index contributed by atoms with van der Waals surface area (Å²) in [5.41, 5.74) is 3.13. The first-order valence-electron chi connectivity index (χ1n) is 6.86. The lowest BCUT2D eigenvalue weighted by atomic mass is 9.91. The Morgan fingerprint density at radius 2 is 1.95 bits per heavy atom. The summed E-state index contributed by atoms with van der Waals surface area (Å²) in [6, 6.07) is 6.07. The molecule has 0 fully saturated rings. The molecule has 0 spiro atoms. The van der Waals surface area contributed by atoms with Gasteiger partial charge in [-0.15, -0.1) is 11.3 Å². The lowest BCUT2D eigenvalue weighted by molar-refractivity contribution is 0.281. The number of anilines is 1. The van der Waals surface area contributed by atoms with Crippen LogP contribution in [-0.2, 0) is 18.6 Å². The second kappa shape index (κ2) is 6.46. The zero-order valence-electron chi connectivity index (χ0n) is 12.9. The quantitative estimate of drug-likeness (QED) is 0.872. The van der Waals surface area contributed by atoms with Crippen molar-refractivity contribution in [2.24, 2.45) is 0 Å². The summed E-state index contributed by atoms with van der Waals surface area (Å²) < 4.78 is 1.14. The number of hydrogen-bond donors (Lipinski definition) is 1. The van der Waals surface area contributed by atoms with Crippen molar-refractivity contribution in [3.63, 3.8) is 0 Å². The van der Waals surface area contributed by atoms with E-state index in [1.54, 1.807) is 11.3 Å². The first kappa shape index (κ1) is 16.5. The minimum Gasteiger partial charge on any atom is -0.392 e. The second-order valence-corrected chi connectivity index (χ2v) is 8.53. The number of thiophene rings is 1. The number of aliphatic hydroxyl groups is 1. The van der Waals surface area contributed by atoms with E-state index in [0.29, 0.717) is 0 Å².